The Balaban J connectivity index is 1.95. The van der Waals surface area contributed by atoms with E-state index in [1.54, 1.807) is 0 Å². The number of hydrogen-bond donors (Lipinski definition) is 1. The van der Waals surface area contributed by atoms with E-state index in [4.69, 9.17) is 5.11 Å². The molecule has 13 heteroatoms. The van der Waals surface area contributed by atoms with Gasteiger partial charge in [-0.2, -0.15) is 22.0 Å². The summed E-state index contributed by atoms with van der Waals surface area (Å²) in [5.74, 6) is -4.20. The number of carboxylic acids is 1. The average Bonchev–Trinajstić information content (AvgIpc) is 3.19. The first-order valence-corrected chi connectivity index (χ1v) is 9.48. The molecular formula is C18H13F6NO5S. The summed E-state index contributed by atoms with van der Waals surface area (Å²) >= 11 is 0.220. The monoisotopic (exact) mass is 469 g/mol. The Morgan fingerprint density at radius 1 is 1.26 bits per heavy atom. The fourth-order valence-electron chi connectivity index (χ4n) is 3.45. The number of carboxylic acid groups (broad SMARTS) is 1. The summed E-state index contributed by atoms with van der Waals surface area (Å²) in [6, 6.07) is 0.722. The van der Waals surface area contributed by atoms with Crippen LogP contribution in [0.1, 0.15) is 35.9 Å². The third-order valence-corrected chi connectivity index (χ3v) is 5.74. The molecule has 0 aromatic carbocycles. The third kappa shape index (κ3) is 4.05. The topological polar surface area (TPSA) is 83.9 Å². The third-order valence-electron chi connectivity index (χ3n) is 4.79. The number of fused-ring (bicyclic) bond motifs is 1. The second-order valence-corrected chi connectivity index (χ2v) is 7.80. The highest BCUT2D eigenvalue weighted by Gasteiger charge is 2.61. The summed E-state index contributed by atoms with van der Waals surface area (Å²) in [5.41, 5.74) is -0.233. The van der Waals surface area contributed by atoms with Crippen LogP contribution < -0.4 is 4.74 Å². The Labute approximate surface area is 174 Å². The van der Waals surface area contributed by atoms with Crippen molar-refractivity contribution in [3.8, 4) is 5.06 Å². The lowest BCUT2D eigenvalue weighted by atomic mass is 9.88. The number of alkyl halides is 5. The van der Waals surface area contributed by atoms with Gasteiger partial charge in [-0.25, -0.2) is 4.39 Å². The minimum absolute atomic E-state index is 0.00529. The molecule has 1 unspecified atom stereocenters. The SMILES string of the molecule is CC1=C(CC(=O)O)C2=C(F)C(=O)CCC2N1C(=O)c1ccc(OC(F)(F)C(F)(F)F)s1. The minimum atomic E-state index is -5.97. The molecule has 1 aliphatic carbocycles. The number of allylic oxidation sites excluding steroid dienone is 2. The maximum absolute atomic E-state index is 14.5. The van der Waals surface area contributed by atoms with Crippen LogP contribution in [0.15, 0.2) is 34.8 Å². The highest BCUT2D eigenvalue weighted by atomic mass is 32.1. The van der Waals surface area contributed by atoms with Crippen LogP contribution in [-0.4, -0.2) is 46.0 Å². The number of nitrogens with zero attached hydrogens (tertiary/aromatic N) is 1. The zero-order chi connectivity index (χ0) is 23.3. The van der Waals surface area contributed by atoms with Gasteiger partial charge in [0.1, 0.15) is 0 Å². The van der Waals surface area contributed by atoms with Crippen molar-refractivity contribution in [2.45, 2.75) is 44.5 Å². The van der Waals surface area contributed by atoms with Gasteiger partial charge in [-0.3, -0.25) is 14.4 Å². The normalized spacial score (nSPS) is 19.8. The van der Waals surface area contributed by atoms with Gasteiger partial charge < -0.3 is 14.7 Å². The number of carbonyl (C=O) groups is 3. The molecule has 2 heterocycles. The van der Waals surface area contributed by atoms with E-state index in [9.17, 15) is 40.7 Å². The number of ether oxygens (including phenoxy) is 1. The second-order valence-electron chi connectivity index (χ2n) is 6.75. The molecule has 1 aromatic heterocycles. The van der Waals surface area contributed by atoms with Gasteiger partial charge in [0.05, 0.1) is 17.3 Å². The van der Waals surface area contributed by atoms with Gasteiger partial charge in [-0.05, 0) is 31.1 Å². The maximum atomic E-state index is 14.5. The van der Waals surface area contributed by atoms with E-state index in [2.05, 4.69) is 4.74 Å². The molecule has 31 heavy (non-hydrogen) atoms. The highest BCUT2D eigenvalue weighted by Crippen LogP contribution is 2.45. The van der Waals surface area contributed by atoms with Crippen molar-refractivity contribution in [3.63, 3.8) is 0 Å². The summed E-state index contributed by atoms with van der Waals surface area (Å²) in [6.45, 7) is 1.34. The van der Waals surface area contributed by atoms with Gasteiger partial charge in [0, 0.05) is 17.7 Å². The highest BCUT2D eigenvalue weighted by molar-refractivity contribution is 7.15. The first-order chi connectivity index (χ1) is 14.2. The van der Waals surface area contributed by atoms with Crippen molar-refractivity contribution in [1.29, 1.82) is 0 Å². The van der Waals surface area contributed by atoms with Gasteiger partial charge in [-0.1, -0.05) is 11.3 Å². The molecular weight excluding hydrogens is 456 g/mol. The Hall–Kier alpha value is -2.83. The zero-order valence-electron chi connectivity index (χ0n) is 15.6. The van der Waals surface area contributed by atoms with Crippen molar-refractivity contribution in [2.24, 2.45) is 0 Å². The molecule has 0 radical (unpaired) electrons. The molecule has 6 nitrogen and oxygen atoms in total. The molecule has 3 rings (SSSR count). The van der Waals surface area contributed by atoms with E-state index in [0.717, 1.165) is 17.0 Å². The van der Waals surface area contributed by atoms with Gasteiger partial charge in [0.2, 0.25) is 0 Å². The lowest BCUT2D eigenvalue weighted by molar-refractivity contribution is -0.359. The van der Waals surface area contributed by atoms with Gasteiger partial charge >= 0.3 is 18.3 Å². The predicted molar refractivity (Wildman–Crippen MR) is 93.2 cm³/mol. The number of rotatable bonds is 5. The number of halogens is 6. The number of aliphatic carboxylic acids is 1. The minimum Gasteiger partial charge on any atom is -0.481 e. The van der Waals surface area contributed by atoms with E-state index in [1.807, 2.05) is 0 Å². The van der Waals surface area contributed by atoms with E-state index >= 15 is 0 Å². The van der Waals surface area contributed by atoms with Crippen molar-refractivity contribution in [2.75, 3.05) is 0 Å². The van der Waals surface area contributed by atoms with Crippen molar-refractivity contribution >= 4 is 29.0 Å². The van der Waals surface area contributed by atoms with Crippen molar-refractivity contribution < 1.29 is 50.6 Å². The van der Waals surface area contributed by atoms with E-state index in [1.165, 1.54) is 6.92 Å². The Morgan fingerprint density at radius 2 is 1.90 bits per heavy atom. The van der Waals surface area contributed by atoms with Gasteiger partial charge in [-0.15, -0.1) is 0 Å². The number of hydrogen-bond acceptors (Lipinski definition) is 5. The molecule has 1 aliphatic heterocycles. The Bertz CT molecular complexity index is 1020. The summed E-state index contributed by atoms with van der Waals surface area (Å²) in [5, 5.41) is 8.23. The van der Waals surface area contributed by atoms with Gasteiger partial charge in [0.15, 0.2) is 16.7 Å². The molecule has 1 aromatic rings. The number of ketones is 1. The molecule has 0 spiro atoms. The van der Waals surface area contributed by atoms with Crippen molar-refractivity contribution in [1.82, 2.24) is 4.90 Å². The van der Waals surface area contributed by atoms with Crippen LogP contribution >= 0.6 is 11.3 Å². The van der Waals surface area contributed by atoms with Crippen LogP contribution in [-0.2, 0) is 9.59 Å². The molecule has 1 amide bonds. The standard InChI is InChI=1S/C18H13F6NO5S/c1-7-8(6-12(27)28)14-9(2-3-10(26)15(14)19)25(7)16(29)11-4-5-13(31-11)30-18(23,24)17(20,21)22/h4-5,9H,2-3,6H2,1H3,(H,27,28). The van der Waals surface area contributed by atoms with Crippen LogP contribution in [0.5, 0.6) is 5.06 Å². The second kappa shape index (κ2) is 7.70. The molecule has 168 valence electrons. The number of carbonyl (C=O) groups excluding carboxylic acids is 2. The van der Waals surface area contributed by atoms with Crippen LogP contribution in [0.4, 0.5) is 26.3 Å². The molecule has 2 aliphatic rings. The van der Waals surface area contributed by atoms with E-state index < -0.39 is 53.3 Å². The van der Waals surface area contributed by atoms with E-state index in [-0.39, 0.29) is 45.9 Å². The first-order valence-electron chi connectivity index (χ1n) is 8.66. The van der Waals surface area contributed by atoms with Crippen LogP contribution in [0.2, 0.25) is 0 Å². The van der Waals surface area contributed by atoms with Crippen molar-refractivity contribution in [3.05, 3.63) is 39.7 Å². The quantitative estimate of drug-likeness (QED) is 0.645. The number of amides is 1. The zero-order valence-corrected chi connectivity index (χ0v) is 16.4. The smallest absolute Gasteiger partial charge is 0.481 e. The summed E-state index contributed by atoms with van der Waals surface area (Å²) in [6.07, 6.45) is -12.4. The Kier molecular flexibility index (Phi) is 5.67. The summed E-state index contributed by atoms with van der Waals surface area (Å²) in [7, 11) is 0. The molecule has 0 saturated heterocycles. The van der Waals surface area contributed by atoms with Crippen LogP contribution in [0.3, 0.4) is 0 Å². The maximum Gasteiger partial charge on any atom is 0.499 e. The van der Waals surface area contributed by atoms with Crippen LogP contribution in [0, 0.1) is 0 Å². The lowest BCUT2D eigenvalue weighted by Crippen LogP contribution is -2.41. The predicted octanol–water partition coefficient (Wildman–Crippen LogP) is 4.44. The van der Waals surface area contributed by atoms with Gasteiger partial charge in [0.25, 0.3) is 5.91 Å². The lowest BCUT2D eigenvalue weighted by Gasteiger charge is -2.29. The average molecular weight is 469 g/mol. The number of thiophene rings is 1. The van der Waals surface area contributed by atoms with Crippen LogP contribution in [0.25, 0.3) is 0 Å². The van der Waals surface area contributed by atoms with E-state index in [0.29, 0.717) is 0 Å². The fourth-order valence-corrected chi connectivity index (χ4v) is 4.27. The molecule has 1 atom stereocenters. The fraction of sp³-hybridized carbons (Fsp3) is 0.389. The largest absolute Gasteiger partial charge is 0.499 e. The first kappa shape index (κ1) is 22.8. The molecule has 0 bridgehead atoms. The summed E-state index contributed by atoms with van der Waals surface area (Å²) in [4.78, 5) is 36.6. The molecule has 1 N–H and O–H groups in total. The summed E-state index contributed by atoms with van der Waals surface area (Å²) < 4.78 is 81.3. The number of Topliss-reactive ketones (excluding diaryl/α,β-unsaturated/α-hetero) is 1. The molecule has 0 saturated carbocycles. The Morgan fingerprint density at radius 3 is 2.48 bits per heavy atom. The molecule has 0 fully saturated rings.